The van der Waals surface area contributed by atoms with Crippen molar-refractivity contribution in [1.29, 1.82) is 0 Å². The Morgan fingerprint density at radius 1 is 0.765 bits per heavy atom. The van der Waals surface area contributed by atoms with Crippen molar-refractivity contribution in [2.45, 2.75) is 193 Å². The predicted octanol–water partition coefficient (Wildman–Crippen LogP) is 10.7. The largest absolute Gasteiger partial charge is 0.462 e. The maximum atomic E-state index is 12.3. The average Bonchev–Trinajstić information content (AvgIpc) is 3.46. The van der Waals surface area contributed by atoms with Crippen LogP contribution in [0.15, 0.2) is 36.5 Å². The molecule has 0 aromatic rings. The fourth-order valence-electron chi connectivity index (χ4n) is 6.55. The lowest BCUT2D eigenvalue weighted by Crippen LogP contribution is -2.28. The van der Waals surface area contributed by atoms with Crippen LogP contribution in [0.25, 0.3) is 0 Å². The van der Waals surface area contributed by atoms with E-state index in [0.717, 1.165) is 50.9 Å². The maximum Gasteiger partial charge on any atom is 0.306 e. The molecule has 0 saturated heterocycles. The third-order valence-electron chi connectivity index (χ3n) is 9.86. The molecule has 0 unspecified atom stereocenters. The summed E-state index contributed by atoms with van der Waals surface area (Å²) in [6.45, 7) is 6.23. The topological polar surface area (TPSA) is 110 Å². The van der Waals surface area contributed by atoms with Crippen LogP contribution in [0.2, 0.25) is 0 Å². The van der Waals surface area contributed by atoms with Gasteiger partial charge in [0.2, 0.25) is 0 Å². The number of hydrogen-bond acceptors (Lipinski definition) is 7. The smallest absolute Gasteiger partial charge is 0.306 e. The second kappa shape index (κ2) is 32.4. The fourth-order valence-corrected chi connectivity index (χ4v) is 6.55. The van der Waals surface area contributed by atoms with Crippen molar-refractivity contribution < 1.29 is 34.1 Å². The van der Waals surface area contributed by atoms with Crippen LogP contribution in [0.5, 0.6) is 0 Å². The Kier molecular flexibility index (Phi) is 29.7. The number of aliphatic hydroxyl groups is 2. The average molecular weight is 717 g/mol. The minimum atomic E-state index is -0.849. The van der Waals surface area contributed by atoms with E-state index in [1.54, 1.807) is 12.2 Å². The standard InChI is InChI=1S/C44H76O7/c1-4-5-21-28-39(46)32-33-41-38(31-34-42(41)47)27-23-19-20-25-30-44(49)51-40(35-45)36-50-43(48)29-24-18-16-14-12-10-8-6-7-9-11-13-15-17-22-26-37(2)3/h19,23,31-34,37-41,45-46H,4-18,20-22,24-30,35-36H2,1-3H3/b23-19-,33-32+/t38-,39-,40-,41+/m0/s1. The van der Waals surface area contributed by atoms with Crippen molar-refractivity contribution in [1.82, 2.24) is 0 Å². The van der Waals surface area contributed by atoms with Gasteiger partial charge in [-0.3, -0.25) is 14.4 Å². The summed E-state index contributed by atoms with van der Waals surface area (Å²) in [7, 11) is 0. The molecule has 7 nitrogen and oxygen atoms in total. The first kappa shape index (κ1) is 46.8. The summed E-state index contributed by atoms with van der Waals surface area (Å²) in [6.07, 6.45) is 36.9. The molecule has 1 aliphatic carbocycles. The van der Waals surface area contributed by atoms with Gasteiger partial charge in [-0.2, -0.15) is 0 Å². The highest BCUT2D eigenvalue weighted by Gasteiger charge is 2.27. The molecule has 1 aliphatic rings. The minimum absolute atomic E-state index is 0.0718. The van der Waals surface area contributed by atoms with Crippen LogP contribution in [0.4, 0.5) is 0 Å². The lowest BCUT2D eigenvalue weighted by Gasteiger charge is -2.15. The van der Waals surface area contributed by atoms with E-state index in [9.17, 15) is 24.6 Å². The van der Waals surface area contributed by atoms with Gasteiger partial charge < -0.3 is 19.7 Å². The normalized spacial score (nSPS) is 17.3. The lowest BCUT2D eigenvalue weighted by atomic mass is 9.90. The van der Waals surface area contributed by atoms with E-state index in [1.165, 1.54) is 83.5 Å². The summed E-state index contributed by atoms with van der Waals surface area (Å²) in [5, 5.41) is 19.8. The van der Waals surface area contributed by atoms with Gasteiger partial charge >= 0.3 is 11.9 Å². The summed E-state index contributed by atoms with van der Waals surface area (Å²) >= 11 is 0. The van der Waals surface area contributed by atoms with Crippen molar-refractivity contribution in [3.63, 3.8) is 0 Å². The molecule has 7 heteroatoms. The molecule has 2 N–H and O–H groups in total. The number of unbranched alkanes of at least 4 members (excludes halogenated alkanes) is 17. The Hall–Kier alpha value is -2.25. The first-order chi connectivity index (χ1) is 24.8. The van der Waals surface area contributed by atoms with Gasteiger partial charge in [-0.15, -0.1) is 0 Å². The van der Waals surface area contributed by atoms with Gasteiger partial charge in [-0.05, 0) is 50.0 Å². The quantitative estimate of drug-likeness (QED) is 0.0387. The Morgan fingerprint density at radius 3 is 1.92 bits per heavy atom. The molecule has 4 atom stereocenters. The third-order valence-corrected chi connectivity index (χ3v) is 9.86. The molecule has 0 spiro atoms. The zero-order valence-electron chi connectivity index (χ0n) is 32.9. The molecule has 294 valence electrons. The molecule has 1 rings (SSSR count). The van der Waals surface area contributed by atoms with Crippen LogP contribution in [-0.2, 0) is 23.9 Å². The van der Waals surface area contributed by atoms with Gasteiger partial charge in [0.15, 0.2) is 11.9 Å². The van der Waals surface area contributed by atoms with Crippen molar-refractivity contribution >= 4 is 17.7 Å². The monoisotopic (exact) mass is 717 g/mol. The Morgan fingerprint density at radius 2 is 1.33 bits per heavy atom. The minimum Gasteiger partial charge on any atom is -0.462 e. The molecule has 0 fully saturated rings. The van der Waals surface area contributed by atoms with Crippen LogP contribution in [-0.4, -0.2) is 53.4 Å². The number of hydrogen-bond donors (Lipinski definition) is 2. The van der Waals surface area contributed by atoms with E-state index in [4.69, 9.17) is 9.47 Å². The number of carbonyl (C=O) groups is 3. The Bertz CT molecular complexity index is 969. The molecular weight excluding hydrogens is 640 g/mol. The van der Waals surface area contributed by atoms with Gasteiger partial charge in [-0.1, -0.05) is 167 Å². The first-order valence-corrected chi connectivity index (χ1v) is 21.0. The Labute approximate surface area is 312 Å². The molecule has 0 aliphatic heterocycles. The molecule has 0 aromatic heterocycles. The van der Waals surface area contributed by atoms with Crippen LogP contribution < -0.4 is 0 Å². The van der Waals surface area contributed by atoms with Gasteiger partial charge in [-0.25, -0.2) is 0 Å². The molecule has 0 saturated carbocycles. The molecule has 51 heavy (non-hydrogen) atoms. The second-order valence-corrected chi connectivity index (χ2v) is 15.2. The zero-order chi connectivity index (χ0) is 37.4. The highest BCUT2D eigenvalue weighted by atomic mass is 16.6. The van der Waals surface area contributed by atoms with Crippen molar-refractivity contribution in [3.8, 4) is 0 Å². The van der Waals surface area contributed by atoms with Crippen LogP contribution in [0.3, 0.4) is 0 Å². The lowest BCUT2D eigenvalue weighted by molar-refractivity contribution is -0.161. The van der Waals surface area contributed by atoms with Gasteiger partial charge in [0.1, 0.15) is 6.61 Å². The van der Waals surface area contributed by atoms with E-state index in [2.05, 4.69) is 20.8 Å². The number of esters is 2. The van der Waals surface area contributed by atoms with Gasteiger partial charge in [0.25, 0.3) is 0 Å². The van der Waals surface area contributed by atoms with E-state index in [1.807, 2.05) is 24.3 Å². The Balaban J connectivity index is 2.03. The fraction of sp³-hybridized carbons (Fsp3) is 0.795. The molecule has 0 radical (unpaired) electrons. The number of ketones is 1. The van der Waals surface area contributed by atoms with E-state index < -0.39 is 24.8 Å². The highest BCUT2D eigenvalue weighted by Crippen LogP contribution is 2.27. The highest BCUT2D eigenvalue weighted by molar-refractivity contribution is 5.95. The van der Waals surface area contributed by atoms with Crippen molar-refractivity contribution in [3.05, 3.63) is 36.5 Å². The van der Waals surface area contributed by atoms with Gasteiger partial charge in [0.05, 0.1) is 12.7 Å². The van der Waals surface area contributed by atoms with Crippen molar-refractivity contribution in [2.24, 2.45) is 17.8 Å². The summed E-state index contributed by atoms with van der Waals surface area (Å²) in [4.78, 5) is 36.7. The number of carbonyl (C=O) groups excluding carboxylic acids is 3. The first-order valence-electron chi connectivity index (χ1n) is 21.0. The van der Waals surface area contributed by atoms with Crippen LogP contribution in [0, 0.1) is 17.8 Å². The summed E-state index contributed by atoms with van der Waals surface area (Å²) < 4.78 is 10.6. The molecule has 0 bridgehead atoms. The zero-order valence-corrected chi connectivity index (χ0v) is 32.9. The predicted molar refractivity (Wildman–Crippen MR) is 209 cm³/mol. The van der Waals surface area contributed by atoms with E-state index in [-0.39, 0.29) is 36.6 Å². The summed E-state index contributed by atoms with van der Waals surface area (Å²) in [5.74, 6) is 0.0135. The van der Waals surface area contributed by atoms with Crippen LogP contribution >= 0.6 is 0 Å². The SMILES string of the molecule is CCCCC[C@H](O)/C=C/[C@H]1C(=O)C=C[C@@H]1C/C=C\CCCC(=O)O[C@@H](CO)COC(=O)CCCCCCCCCCCCCCCCCC(C)C. The molecule has 0 amide bonds. The number of ether oxygens (including phenoxy) is 2. The van der Waals surface area contributed by atoms with E-state index >= 15 is 0 Å². The van der Waals surface area contributed by atoms with E-state index in [0.29, 0.717) is 25.7 Å². The third kappa shape index (κ3) is 27.1. The van der Waals surface area contributed by atoms with Gasteiger partial charge in [0, 0.05) is 18.8 Å². The van der Waals surface area contributed by atoms with Crippen molar-refractivity contribution in [2.75, 3.05) is 13.2 Å². The number of aliphatic hydroxyl groups excluding tert-OH is 2. The molecule has 0 heterocycles. The number of allylic oxidation sites excluding steroid dienone is 5. The van der Waals surface area contributed by atoms with Crippen LogP contribution in [0.1, 0.15) is 181 Å². The molecule has 0 aromatic carbocycles. The summed E-state index contributed by atoms with van der Waals surface area (Å²) in [5.41, 5.74) is 0. The molecular formula is C44H76O7. The number of rotatable bonds is 34. The maximum absolute atomic E-state index is 12.3. The second-order valence-electron chi connectivity index (χ2n) is 15.2. The summed E-state index contributed by atoms with van der Waals surface area (Å²) in [6, 6.07) is 0.